The minimum absolute atomic E-state index is 0.0956. The van der Waals surface area contributed by atoms with Crippen LogP contribution in [0, 0.1) is 6.92 Å². The van der Waals surface area contributed by atoms with E-state index in [0.717, 1.165) is 5.69 Å². The minimum Gasteiger partial charge on any atom is -0.481 e. The zero-order valence-corrected chi connectivity index (χ0v) is 9.84. The summed E-state index contributed by atoms with van der Waals surface area (Å²) in [5, 5.41) is 4.16. The van der Waals surface area contributed by atoms with Crippen LogP contribution in [0.4, 0.5) is 5.95 Å². The van der Waals surface area contributed by atoms with E-state index in [0.29, 0.717) is 17.6 Å². The number of anilines is 1. The molecule has 90 valence electrons. The molecule has 0 amide bonds. The van der Waals surface area contributed by atoms with Gasteiger partial charge in [-0.3, -0.25) is 0 Å². The van der Waals surface area contributed by atoms with Crippen LogP contribution in [0.5, 0.6) is 17.6 Å². The highest BCUT2D eigenvalue weighted by atomic mass is 16.5. The van der Waals surface area contributed by atoms with Gasteiger partial charge in [-0.2, -0.15) is 15.1 Å². The molecule has 0 aliphatic rings. The summed E-state index contributed by atoms with van der Waals surface area (Å²) < 4.78 is 12.1. The molecule has 0 saturated heterocycles. The molecule has 17 heavy (non-hydrogen) atoms. The first-order valence-electron chi connectivity index (χ1n) is 4.95. The minimum atomic E-state index is 0.0956. The molecule has 2 rings (SSSR count). The van der Waals surface area contributed by atoms with Gasteiger partial charge in [-0.15, -0.1) is 0 Å². The third-order valence-electron chi connectivity index (χ3n) is 2.07. The Morgan fingerprint density at radius 1 is 1.24 bits per heavy atom. The standard InChI is InChI=1S/C10H13N5O2/c1-6-4-9(15(2)14-6)17-8-5-7(16-3)12-10(11)13-8/h4-5H,1-3H3,(H2,11,12,13). The monoisotopic (exact) mass is 235 g/mol. The molecule has 0 saturated carbocycles. The molecule has 0 unspecified atom stereocenters. The van der Waals surface area contributed by atoms with Gasteiger partial charge in [0.25, 0.3) is 0 Å². The first-order chi connectivity index (χ1) is 8.08. The lowest BCUT2D eigenvalue weighted by molar-refractivity contribution is 0.381. The molecular formula is C10H13N5O2. The molecule has 0 aliphatic carbocycles. The van der Waals surface area contributed by atoms with Crippen LogP contribution in [0.3, 0.4) is 0 Å². The molecule has 0 radical (unpaired) electrons. The molecule has 2 aromatic heterocycles. The van der Waals surface area contributed by atoms with Crippen LogP contribution < -0.4 is 15.2 Å². The highest BCUT2D eigenvalue weighted by molar-refractivity contribution is 5.31. The molecular weight excluding hydrogens is 222 g/mol. The SMILES string of the molecule is COc1cc(Oc2cc(C)nn2C)nc(N)n1. The summed E-state index contributed by atoms with van der Waals surface area (Å²) in [6, 6.07) is 3.35. The van der Waals surface area contributed by atoms with Crippen molar-refractivity contribution in [2.45, 2.75) is 6.92 Å². The van der Waals surface area contributed by atoms with Crippen molar-refractivity contribution >= 4 is 5.95 Å². The van der Waals surface area contributed by atoms with Gasteiger partial charge in [-0.25, -0.2) is 4.68 Å². The topological polar surface area (TPSA) is 88.1 Å². The molecule has 7 heteroatoms. The summed E-state index contributed by atoms with van der Waals surface area (Å²) >= 11 is 0. The highest BCUT2D eigenvalue weighted by Gasteiger charge is 2.08. The number of nitrogen functional groups attached to an aromatic ring is 1. The van der Waals surface area contributed by atoms with E-state index in [1.54, 1.807) is 23.9 Å². The van der Waals surface area contributed by atoms with Crippen LogP contribution in [-0.2, 0) is 7.05 Å². The molecule has 0 atom stereocenters. The third kappa shape index (κ3) is 2.44. The Morgan fingerprint density at radius 2 is 1.94 bits per heavy atom. The maximum atomic E-state index is 5.54. The molecule has 2 heterocycles. The van der Waals surface area contributed by atoms with Crippen LogP contribution in [0.15, 0.2) is 12.1 Å². The van der Waals surface area contributed by atoms with Crippen molar-refractivity contribution in [1.29, 1.82) is 0 Å². The molecule has 0 fully saturated rings. The fourth-order valence-corrected chi connectivity index (χ4v) is 1.37. The number of ether oxygens (including phenoxy) is 2. The Labute approximate surface area is 98.2 Å². The highest BCUT2D eigenvalue weighted by Crippen LogP contribution is 2.23. The van der Waals surface area contributed by atoms with Crippen LogP contribution in [-0.4, -0.2) is 26.9 Å². The van der Waals surface area contributed by atoms with E-state index >= 15 is 0 Å². The van der Waals surface area contributed by atoms with Crippen LogP contribution in [0.25, 0.3) is 0 Å². The Morgan fingerprint density at radius 3 is 2.53 bits per heavy atom. The van der Waals surface area contributed by atoms with Gasteiger partial charge < -0.3 is 15.2 Å². The fraction of sp³-hybridized carbons (Fsp3) is 0.300. The van der Waals surface area contributed by atoms with Crippen molar-refractivity contribution in [1.82, 2.24) is 19.7 Å². The summed E-state index contributed by atoms with van der Waals surface area (Å²) in [4.78, 5) is 7.81. The van der Waals surface area contributed by atoms with Gasteiger partial charge in [-0.05, 0) is 6.92 Å². The number of hydrogen-bond acceptors (Lipinski definition) is 6. The van der Waals surface area contributed by atoms with E-state index < -0.39 is 0 Å². The number of hydrogen-bond donors (Lipinski definition) is 1. The fourth-order valence-electron chi connectivity index (χ4n) is 1.37. The molecule has 0 aromatic carbocycles. The van der Waals surface area contributed by atoms with Crippen molar-refractivity contribution < 1.29 is 9.47 Å². The lowest BCUT2D eigenvalue weighted by Crippen LogP contribution is -2.01. The predicted octanol–water partition coefficient (Wildman–Crippen LogP) is 0.902. The Bertz CT molecular complexity index is 537. The van der Waals surface area contributed by atoms with Gasteiger partial charge in [-0.1, -0.05) is 0 Å². The number of methoxy groups -OCH3 is 1. The quantitative estimate of drug-likeness (QED) is 0.850. The van der Waals surface area contributed by atoms with E-state index in [1.807, 2.05) is 6.92 Å². The van der Waals surface area contributed by atoms with Crippen LogP contribution in [0.1, 0.15) is 5.69 Å². The zero-order chi connectivity index (χ0) is 12.4. The van der Waals surface area contributed by atoms with E-state index in [1.165, 1.54) is 7.11 Å². The van der Waals surface area contributed by atoms with Crippen LogP contribution >= 0.6 is 0 Å². The summed E-state index contributed by atoms with van der Waals surface area (Å²) in [7, 11) is 3.28. The number of nitrogens with zero attached hydrogens (tertiary/aromatic N) is 4. The van der Waals surface area contributed by atoms with Crippen molar-refractivity contribution in [3.8, 4) is 17.6 Å². The van der Waals surface area contributed by atoms with Gasteiger partial charge in [0.05, 0.1) is 18.9 Å². The molecule has 2 aromatic rings. The molecule has 7 nitrogen and oxygen atoms in total. The lowest BCUT2D eigenvalue weighted by atomic mass is 10.5. The molecule has 0 bridgehead atoms. The van der Waals surface area contributed by atoms with Gasteiger partial charge in [0, 0.05) is 13.1 Å². The maximum absolute atomic E-state index is 5.54. The Kier molecular flexibility index (Phi) is 2.82. The second-order valence-corrected chi connectivity index (χ2v) is 3.46. The average molecular weight is 235 g/mol. The zero-order valence-electron chi connectivity index (χ0n) is 9.84. The predicted molar refractivity (Wildman–Crippen MR) is 61.0 cm³/mol. The largest absolute Gasteiger partial charge is 0.481 e. The van der Waals surface area contributed by atoms with E-state index in [4.69, 9.17) is 15.2 Å². The number of aromatic nitrogens is 4. The van der Waals surface area contributed by atoms with Gasteiger partial charge in [0.15, 0.2) is 0 Å². The Balaban J connectivity index is 2.29. The van der Waals surface area contributed by atoms with Crippen molar-refractivity contribution in [3.63, 3.8) is 0 Å². The van der Waals surface area contributed by atoms with Gasteiger partial charge in [0.1, 0.15) is 0 Å². The molecule has 0 spiro atoms. The molecule has 2 N–H and O–H groups in total. The van der Waals surface area contributed by atoms with E-state index in [-0.39, 0.29) is 5.95 Å². The normalized spacial score (nSPS) is 10.3. The number of aryl methyl sites for hydroxylation is 2. The average Bonchev–Trinajstić information content (AvgIpc) is 2.56. The number of rotatable bonds is 3. The van der Waals surface area contributed by atoms with Crippen molar-refractivity contribution in [3.05, 3.63) is 17.8 Å². The second-order valence-electron chi connectivity index (χ2n) is 3.46. The van der Waals surface area contributed by atoms with Gasteiger partial charge in [0.2, 0.25) is 23.6 Å². The Hall–Kier alpha value is -2.31. The summed E-state index contributed by atoms with van der Waals surface area (Å²) in [5.41, 5.74) is 6.39. The summed E-state index contributed by atoms with van der Waals surface area (Å²) in [6.45, 7) is 1.88. The third-order valence-corrected chi connectivity index (χ3v) is 2.07. The summed E-state index contributed by atoms with van der Waals surface area (Å²) in [5.74, 6) is 1.34. The van der Waals surface area contributed by atoms with Crippen molar-refractivity contribution in [2.24, 2.45) is 7.05 Å². The smallest absolute Gasteiger partial charge is 0.229 e. The van der Waals surface area contributed by atoms with Crippen molar-refractivity contribution in [2.75, 3.05) is 12.8 Å². The summed E-state index contributed by atoms with van der Waals surface area (Å²) in [6.07, 6.45) is 0. The van der Waals surface area contributed by atoms with E-state index in [2.05, 4.69) is 15.1 Å². The first kappa shape index (κ1) is 11.2. The maximum Gasteiger partial charge on any atom is 0.229 e. The van der Waals surface area contributed by atoms with Gasteiger partial charge >= 0.3 is 0 Å². The van der Waals surface area contributed by atoms with Crippen LogP contribution in [0.2, 0.25) is 0 Å². The lowest BCUT2D eigenvalue weighted by Gasteiger charge is -2.06. The molecule has 0 aliphatic heterocycles. The second kappa shape index (κ2) is 4.28. The van der Waals surface area contributed by atoms with E-state index in [9.17, 15) is 0 Å². The number of nitrogens with two attached hydrogens (primary N) is 1. The first-order valence-corrected chi connectivity index (χ1v) is 4.95.